The zero-order chi connectivity index (χ0) is 19.8. The maximum absolute atomic E-state index is 13.9. The smallest absolute Gasteiger partial charge is 0.260 e. The van der Waals surface area contributed by atoms with Crippen LogP contribution in [0.4, 0.5) is 8.78 Å². The minimum atomic E-state index is -0.774. The van der Waals surface area contributed by atoms with Gasteiger partial charge in [0.1, 0.15) is 23.9 Å². The molecule has 4 rings (SSSR count). The van der Waals surface area contributed by atoms with Crippen molar-refractivity contribution < 1.29 is 13.6 Å². The summed E-state index contributed by atoms with van der Waals surface area (Å²) in [4.78, 5) is 16.6. The molecular weight excluding hydrogens is 427 g/mol. The number of amides is 1. The summed E-state index contributed by atoms with van der Waals surface area (Å²) in [5.74, 6) is -2.47. The van der Waals surface area contributed by atoms with E-state index in [1.807, 2.05) is 0 Å². The number of carbonyl (C=O) groups excluding carboxylic acids is 1. The van der Waals surface area contributed by atoms with Crippen LogP contribution in [0.5, 0.6) is 0 Å². The van der Waals surface area contributed by atoms with Crippen molar-refractivity contribution in [1.82, 2.24) is 10.4 Å². The lowest BCUT2D eigenvalue weighted by molar-refractivity contribution is -0.119. The first-order chi connectivity index (χ1) is 13.4. The number of hydrogen-bond acceptors (Lipinski definition) is 4. The van der Waals surface area contributed by atoms with Gasteiger partial charge < -0.3 is 0 Å². The molecule has 2 aliphatic heterocycles. The zero-order valence-corrected chi connectivity index (χ0v) is 16.3. The van der Waals surface area contributed by atoms with E-state index >= 15 is 0 Å². The predicted molar refractivity (Wildman–Crippen MR) is 106 cm³/mol. The Morgan fingerprint density at radius 3 is 2.57 bits per heavy atom. The number of nitrogens with zero attached hydrogens (tertiary/aromatic N) is 2. The molecule has 1 N–H and O–H groups in total. The van der Waals surface area contributed by atoms with E-state index in [0.717, 1.165) is 17.8 Å². The van der Waals surface area contributed by atoms with Crippen LogP contribution in [0.25, 0.3) is 0 Å². The van der Waals surface area contributed by atoms with Crippen molar-refractivity contribution in [2.24, 2.45) is 4.99 Å². The largest absolute Gasteiger partial charge is 0.286 e. The lowest BCUT2D eigenvalue weighted by atomic mass is 9.92. The van der Waals surface area contributed by atoms with E-state index in [1.165, 1.54) is 18.5 Å². The third kappa shape index (κ3) is 3.53. The van der Waals surface area contributed by atoms with Gasteiger partial charge in [-0.1, -0.05) is 41.0 Å². The Morgan fingerprint density at radius 2 is 1.86 bits per heavy atom. The third-order valence-electron chi connectivity index (χ3n) is 4.16. The summed E-state index contributed by atoms with van der Waals surface area (Å²) >= 11 is 13.6. The van der Waals surface area contributed by atoms with Crippen molar-refractivity contribution in [1.29, 1.82) is 0 Å². The van der Waals surface area contributed by atoms with Crippen LogP contribution in [0.2, 0.25) is 10.0 Å². The number of thioether (sulfide) groups is 1. The van der Waals surface area contributed by atoms with E-state index in [-0.39, 0.29) is 4.90 Å². The summed E-state index contributed by atoms with van der Waals surface area (Å²) in [6, 6.07) is 8.38. The molecule has 0 bridgehead atoms. The van der Waals surface area contributed by atoms with Crippen LogP contribution in [0.3, 0.4) is 0 Å². The minimum Gasteiger partial charge on any atom is -0.286 e. The fourth-order valence-corrected chi connectivity index (χ4v) is 4.32. The van der Waals surface area contributed by atoms with Gasteiger partial charge in [-0.2, -0.15) is 0 Å². The summed E-state index contributed by atoms with van der Waals surface area (Å²) in [6.07, 6.45) is 4.75. The lowest BCUT2D eigenvalue weighted by Crippen LogP contribution is -2.43. The second kappa shape index (κ2) is 7.58. The van der Waals surface area contributed by atoms with E-state index < -0.39 is 23.5 Å². The lowest BCUT2D eigenvalue weighted by Gasteiger charge is -2.35. The number of halogens is 4. The summed E-state index contributed by atoms with van der Waals surface area (Å²) in [5, 5.41) is 2.84. The normalized spacial score (nSPS) is 18.4. The number of aliphatic imine (C=N–C) groups is 1. The standard InChI is InChI=1S/C19H11Cl2F2N3OS/c20-11-2-1-3-12(21)17(11)18-14-5-7-16(25-26(14)9-24-19(18)27)28-15-6-4-10(22)8-13(15)23/h1-9,18,25H. The molecule has 0 saturated heterocycles. The van der Waals surface area contributed by atoms with E-state index in [4.69, 9.17) is 23.2 Å². The van der Waals surface area contributed by atoms with Crippen molar-refractivity contribution in [3.05, 3.63) is 86.5 Å². The zero-order valence-electron chi connectivity index (χ0n) is 14.0. The first kappa shape index (κ1) is 19.0. The molecular formula is C19H11Cl2F2N3OS. The van der Waals surface area contributed by atoms with Crippen LogP contribution in [0, 0.1) is 11.6 Å². The molecule has 0 fully saturated rings. The predicted octanol–water partition coefficient (Wildman–Crippen LogP) is 5.26. The number of hydrazine groups is 1. The number of allylic oxidation sites excluding steroid dienone is 2. The van der Waals surface area contributed by atoms with Crippen molar-refractivity contribution in [2.45, 2.75) is 10.8 Å². The number of fused-ring (bicyclic) bond motifs is 1. The summed E-state index contributed by atoms with van der Waals surface area (Å²) in [5.41, 5.74) is 4.10. The Kier molecular flexibility index (Phi) is 5.14. The quantitative estimate of drug-likeness (QED) is 0.710. The Balaban J connectivity index is 1.69. The fraction of sp³-hybridized carbons (Fsp3) is 0.0526. The molecule has 2 aromatic rings. The van der Waals surface area contributed by atoms with Gasteiger partial charge in [0.05, 0.1) is 10.7 Å². The minimum absolute atomic E-state index is 0.257. The Bertz CT molecular complexity index is 1050. The van der Waals surface area contributed by atoms with Gasteiger partial charge >= 0.3 is 0 Å². The van der Waals surface area contributed by atoms with Crippen molar-refractivity contribution in [3.8, 4) is 0 Å². The molecule has 4 nitrogen and oxygen atoms in total. The van der Waals surface area contributed by atoms with Crippen LogP contribution in [0.15, 0.2) is 69.2 Å². The Morgan fingerprint density at radius 1 is 1.11 bits per heavy atom. The molecule has 2 aliphatic rings. The highest BCUT2D eigenvalue weighted by Gasteiger charge is 2.35. The first-order valence-corrected chi connectivity index (χ1v) is 9.64. The SMILES string of the molecule is O=C1N=CN2NC(Sc3ccc(F)cc3F)=CC=C2C1c1c(Cl)cccc1Cl. The molecule has 0 aliphatic carbocycles. The maximum Gasteiger partial charge on any atom is 0.260 e. The van der Waals surface area contributed by atoms with Crippen LogP contribution in [-0.4, -0.2) is 17.3 Å². The van der Waals surface area contributed by atoms with Gasteiger partial charge in [0.15, 0.2) is 0 Å². The molecule has 2 heterocycles. The van der Waals surface area contributed by atoms with E-state index in [9.17, 15) is 13.6 Å². The van der Waals surface area contributed by atoms with Gasteiger partial charge in [-0.25, -0.2) is 18.8 Å². The number of carbonyl (C=O) groups is 1. The highest BCUT2D eigenvalue weighted by molar-refractivity contribution is 8.03. The highest BCUT2D eigenvalue weighted by atomic mass is 35.5. The molecule has 0 saturated carbocycles. The van der Waals surface area contributed by atoms with Crippen molar-refractivity contribution in [2.75, 3.05) is 0 Å². The number of hydrogen-bond donors (Lipinski definition) is 1. The second-order valence-electron chi connectivity index (χ2n) is 5.93. The number of rotatable bonds is 3. The highest BCUT2D eigenvalue weighted by Crippen LogP contribution is 2.40. The summed E-state index contributed by atoms with van der Waals surface area (Å²) < 4.78 is 27.0. The Labute approximate surface area is 173 Å². The van der Waals surface area contributed by atoms with E-state index in [2.05, 4.69) is 10.4 Å². The van der Waals surface area contributed by atoms with Gasteiger partial charge in [0.2, 0.25) is 0 Å². The summed E-state index contributed by atoms with van der Waals surface area (Å²) in [6.45, 7) is 0. The average Bonchev–Trinajstić information content (AvgIpc) is 2.65. The van der Waals surface area contributed by atoms with Crippen LogP contribution < -0.4 is 5.43 Å². The molecule has 142 valence electrons. The molecule has 0 aromatic heterocycles. The molecule has 1 atom stereocenters. The topological polar surface area (TPSA) is 44.7 Å². The fourth-order valence-electron chi connectivity index (χ4n) is 2.90. The van der Waals surface area contributed by atoms with Crippen LogP contribution in [0.1, 0.15) is 11.5 Å². The number of benzene rings is 2. The van der Waals surface area contributed by atoms with Gasteiger partial charge in [0, 0.05) is 26.6 Å². The third-order valence-corrected chi connectivity index (χ3v) is 5.82. The Hall–Kier alpha value is -2.35. The maximum atomic E-state index is 13.9. The monoisotopic (exact) mass is 437 g/mol. The van der Waals surface area contributed by atoms with Crippen molar-refractivity contribution >= 4 is 47.2 Å². The van der Waals surface area contributed by atoms with Crippen LogP contribution >= 0.6 is 35.0 Å². The van der Waals surface area contributed by atoms with Gasteiger partial charge in [-0.05, 0) is 36.4 Å². The summed E-state index contributed by atoms with van der Waals surface area (Å²) in [7, 11) is 0. The second-order valence-corrected chi connectivity index (χ2v) is 7.83. The molecule has 9 heteroatoms. The molecule has 1 unspecified atom stereocenters. The molecule has 28 heavy (non-hydrogen) atoms. The molecule has 2 aromatic carbocycles. The average molecular weight is 438 g/mol. The van der Waals surface area contributed by atoms with E-state index in [1.54, 1.807) is 35.4 Å². The van der Waals surface area contributed by atoms with Crippen molar-refractivity contribution in [3.63, 3.8) is 0 Å². The first-order valence-electron chi connectivity index (χ1n) is 8.06. The molecule has 1 amide bonds. The van der Waals surface area contributed by atoms with Gasteiger partial charge in [-0.3, -0.25) is 10.2 Å². The van der Waals surface area contributed by atoms with E-state index in [0.29, 0.717) is 26.3 Å². The number of nitrogens with one attached hydrogen (secondary N) is 1. The molecule has 0 radical (unpaired) electrons. The van der Waals surface area contributed by atoms with Gasteiger partial charge in [0.25, 0.3) is 5.91 Å². The molecule has 0 spiro atoms. The van der Waals surface area contributed by atoms with Crippen LogP contribution in [-0.2, 0) is 4.79 Å². The van der Waals surface area contributed by atoms with Gasteiger partial charge in [-0.15, -0.1) is 0 Å².